The Morgan fingerprint density at radius 2 is 2.11 bits per heavy atom. The molecule has 0 radical (unpaired) electrons. The van der Waals surface area contributed by atoms with E-state index in [4.69, 9.17) is 0 Å². The molecule has 0 saturated carbocycles. The Labute approximate surface area is 146 Å². The second-order valence-electron chi connectivity index (χ2n) is 3.59. The van der Waals surface area contributed by atoms with E-state index in [1.54, 1.807) is 24.0 Å². The minimum absolute atomic E-state index is 0. The molecule has 0 spiro atoms. The van der Waals surface area contributed by atoms with Gasteiger partial charge >= 0.3 is 29.6 Å². The monoisotopic (exact) mass is 345 g/mol. The van der Waals surface area contributed by atoms with E-state index in [2.05, 4.69) is 27.0 Å². The van der Waals surface area contributed by atoms with E-state index in [1.165, 1.54) is 11.6 Å². The number of hydrogen-bond donors (Lipinski definition) is 0. The summed E-state index contributed by atoms with van der Waals surface area (Å²) in [6.07, 6.45) is 1.55. The number of carbonyl (C=O) groups is 1. The van der Waals surface area contributed by atoms with Gasteiger partial charge in [-0.05, 0) is 29.8 Å². The minimum Gasteiger partial charge on any atom is -0.543 e. The summed E-state index contributed by atoms with van der Waals surface area (Å²) in [5.74, 6) is -0.440. The molecular weight excluding hydrogens is 337 g/mol. The van der Waals surface area contributed by atoms with E-state index >= 15 is 0 Å². The molecule has 2 aromatic rings. The van der Waals surface area contributed by atoms with E-state index in [-0.39, 0.29) is 35.3 Å². The van der Waals surface area contributed by atoms with Gasteiger partial charge in [0.1, 0.15) is 0 Å². The van der Waals surface area contributed by atoms with Crippen LogP contribution in [0.3, 0.4) is 0 Å². The molecule has 2 rings (SSSR count). The number of nitrogens with zero attached hydrogens (tertiary/aromatic N) is 1. The summed E-state index contributed by atoms with van der Waals surface area (Å²) in [4.78, 5) is 15.3. The first-order chi connectivity index (χ1) is 8.65. The number of pyridine rings is 1. The quantitative estimate of drug-likeness (QED) is 0.554. The third-order valence-corrected chi connectivity index (χ3v) is 3.79. The van der Waals surface area contributed by atoms with Crippen molar-refractivity contribution < 1.29 is 39.5 Å². The first-order valence-electron chi connectivity index (χ1n) is 5.20. The Balaban J connectivity index is 0.00000180. The number of carboxylic acids is 1. The number of halogens is 1. The molecule has 0 aliphatic carbocycles. The topological polar surface area (TPSA) is 53.0 Å². The molecular formula is C13H9BrNNaO2S. The van der Waals surface area contributed by atoms with Gasteiger partial charge in [0.2, 0.25) is 0 Å². The van der Waals surface area contributed by atoms with Crippen LogP contribution in [0.15, 0.2) is 52.0 Å². The third kappa shape index (κ3) is 5.28. The van der Waals surface area contributed by atoms with Crippen molar-refractivity contribution in [3.05, 3.63) is 58.3 Å². The molecule has 1 aromatic heterocycles. The van der Waals surface area contributed by atoms with Crippen LogP contribution < -0.4 is 34.7 Å². The van der Waals surface area contributed by atoms with Gasteiger partial charge in [-0.25, -0.2) is 0 Å². The maximum Gasteiger partial charge on any atom is 1.00 e. The van der Waals surface area contributed by atoms with E-state index in [1.807, 2.05) is 18.2 Å². The average molecular weight is 346 g/mol. The van der Waals surface area contributed by atoms with Crippen molar-refractivity contribution in [3.63, 3.8) is 0 Å². The minimum atomic E-state index is -1.25. The summed E-state index contributed by atoms with van der Waals surface area (Å²) >= 11 is 5.03. The fraction of sp³-hybridized carbons (Fsp3) is 0.0769. The van der Waals surface area contributed by atoms with Gasteiger partial charge in [0.05, 0.1) is 11.7 Å². The van der Waals surface area contributed by atoms with Gasteiger partial charge in [0.15, 0.2) is 0 Å². The maximum absolute atomic E-state index is 10.5. The molecule has 0 atom stereocenters. The van der Waals surface area contributed by atoms with Crippen molar-refractivity contribution in [2.75, 3.05) is 0 Å². The molecule has 3 nitrogen and oxygen atoms in total. The van der Waals surface area contributed by atoms with Crippen LogP contribution in [0.2, 0.25) is 0 Å². The Bertz CT molecular complexity index is 563. The summed E-state index contributed by atoms with van der Waals surface area (Å²) in [7, 11) is 0. The Kier molecular flexibility index (Phi) is 7.10. The summed E-state index contributed by atoms with van der Waals surface area (Å²) in [6, 6.07) is 11.2. The molecule has 6 heteroatoms. The third-order valence-electron chi connectivity index (χ3n) is 2.24. The Morgan fingerprint density at radius 1 is 1.32 bits per heavy atom. The standard InChI is InChI=1S/C13H10BrNO2S.Na/c14-10-3-1-2-9(6-10)8-18-11-4-5-12(13(16)17)15-7-11;/h1-7H,8H2,(H,16,17);/q;+1/p-1. The van der Waals surface area contributed by atoms with Crippen molar-refractivity contribution in [3.8, 4) is 0 Å². The van der Waals surface area contributed by atoms with Crippen molar-refractivity contribution in [2.24, 2.45) is 0 Å². The smallest absolute Gasteiger partial charge is 0.543 e. The zero-order valence-corrected chi connectivity index (χ0v) is 14.7. The van der Waals surface area contributed by atoms with Gasteiger partial charge in [0, 0.05) is 21.3 Å². The predicted octanol–water partition coefficient (Wildman–Crippen LogP) is -0.496. The molecule has 0 bridgehead atoms. The number of aromatic carboxylic acids is 1. The second kappa shape index (κ2) is 8.07. The molecule has 0 aliphatic heterocycles. The van der Waals surface area contributed by atoms with Crippen LogP contribution in [0.1, 0.15) is 16.1 Å². The number of carbonyl (C=O) groups excluding carboxylic acids is 1. The number of aromatic nitrogens is 1. The van der Waals surface area contributed by atoms with Crippen LogP contribution in [0.5, 0.6) is 0 Å². The Hall–Kier alpha value is -0.330. The Morgan fingerprint density at radius 3 is 2.68 bits per heavy atom. The number of thioether (sulfide) groups is 1. The van der Waals surface area contributed by atoms with Crippen molar-refractivity contribution >= 4 is 33.7 Å². The van der Waals surface area contributed by atoms with Crippen molar-refractivity contribution in [2.45, 2.75) is 10.6 Å². The molecule has 1 aromatic carbocycles. The molecule has 1 heterocycles. The average Bonchev–Trinajstić information content (AvgIpc) is 2.37. The summed E-state index contributed by atoms with van der Waals surface area (Å²) < 4.78 is 1.05. The van der Waals surface area contributed by atoms with Gasteiger partial charge in [-0.2, -0.15) is 0 Å². The molecule has 0 N–H and O–H groups in total. The van der Waals surface area contributed by atoms with Crippen molar-refractivity contribution in [1.82, 2.24) is 4.98 Å². The predicted molar refractivity (Wildman–Crippen MR) is 72.3 cm³/mol. The van der Waals surface area contributed by atoms with E-state index in [0.717, 1.165) is 15.1 Å². The number of rotatable bonds is 4. The van der Waals surface area contributed by atoms with Crippen LogP contribution >= 0.6 is 27.7 Å². The molecule has 0 saturated heterocycles. The van der Waals surface area contributed by atoms with Crippen LogP contribution in [0.4, 0.5) is 0 Å². The molecule has 19 heavy (non-hydrogen) atoms. The normalized spacial score (nSPS) is 9.74. The van der Waals surface area contributed by atoms with Gasteiger partial charge in [0.25, 0.3) is 0 Å². The van der Waals surface area contributed by atoms with Gasteiger partial charge in [-0.15, -0.1) is 11.8 Å². The first-order valence-corrected chi connectivity index (χ1v) is 6.97. The zero-order chi connectivity index (χ0) is 13.0. The van der Waals surface area contributed by atoms with E-state index < -0.39 is 5.97 Å². The zero-order valence-electron chi connectivity index (χ0n) is 10.3. The van der Waals surface area contributed by atoms with Gasteiger partial charge in [-0.1, -0.05) is 28.1 Å². The van der Waals surface area contributed by atoms with Gasteiger partial charge < -0.3 is 9.90 Å². The summed E-state index contributed by atoms with van der Waals surface area (Å²) in [6.45, 7) is 0. The number of benzene rings is 1. The van der Waals surface area contributed by atoms with Crippen molar-refractivity contribution in [1.29, 1.82) is 0 Å². The van der Waals surface area contributed by atoms with E-state index in [0.29, 0.717) is 0 Å². The van der Waals surface area contributed by atoms with Crippen LogP contribution in [-0.2, 0) is 5.75 Å². The van der Waals surface area contributed by atoms with Crippen LogP contribution in [-0.4, -0.2) is 11.0 Å². The van der Waals surface area contributed by atoms with Crippen LogP contribution in [0.25, 0.3) is 0 Å². The molecule has 92 valence electrons. The number of hydrogen-bond acceptors (Lipinski definition) is 4. The molecule has 0 fully saturated rings. The molecule has 0 amide bonds. The van der Waals surface area contributed by atoms with E-state index in [9.17, 15) is 9.90 Å². The largest absolute Gasteiger partial charge is 1.00 e. The molecule has 0 unspecified atom stereocenters. The maximum atomic E-state index is 10.5. The second-order valence-corrected chi connectivity index (χ2v) is 5.55. The summed E-state index contributed by atoms with van der Waals surface area (Å²) in [5, 5.41) is 10.5. The fourth-order valence-electron chi connectivity index (χ4n) is 1.38. The van der Waals surface area contributed by atoms with Crippen LogP contribution in [0, 0.1) is 0 Å². The molecule has 0 aliphatic rings. The SMILES string of the molecule is O=C([O-])c1ccc(SCc2cccc(Br)c2)cn1.[Na+]. The number of carboxylic acid groups (broad SMARTS) is 1. The van der Waals surface area contributed by atoms with Gasteiger partial charge in [-0.3, -0.25) is 4.98 Å². The fourth-order valence-corrected chi connectivity index (χ4v) is 2.63. The first kappa shape index (κ1) is 16.7. The summed E-state index contributed by atoms with van der Waals surface area (Å²) in [5.41, 5.74) is 1.15.